The lowest BCUT2D eigenvalue weighted by atomic mass is 9.79. The van der Waals surface area contributed by atoms with E-state index >= 15 is 0 Å². The molecule has 0 radical (unpaired) electrons. The number of fused-ring (bicyclic) bond motifs is 6. The topological polar surface area (TPSA) is 25.8 Å². The van der Waals surface area contributed by atoms with Gasteiger partial charge in [-0.1, -0.05) is 39.8 Å². The van der Waals surface area contributed by atoms with Crippen LogP contribution >= 0.6 is 0 Å². The quantitative estimate of drug-likeness (QED) is 0.578. The maximum absolute atomic E-state index is 4.70. The summed E-state index contributed by atoms with van der Waals surface area (Å²) in [5, 5.41) is 0. The van der Waals surface area contributed by atoms with Crippen LogP contribution in [0.15, 0.2) is 48.8 Å². The molecule has 0 saturated carbocycles. The van der Waals surface area contributed by atoms with Crippen LogP contribution in [0.1, 0.15) is 49.9 Å². The second kappa shape index (κ2) is 4.13. The standard InChI is InChI=1S/C22H20N2/c1-21(2)15-7-5-9-23-19(15)13-12-18-14(11-17(13)21)20-16(22(18,3)4)8-6-10-24-20/h5-12H,1-4H3. The Kier molecular flexibility index (Phi) is 2.39. The maximum atomic E-state index is 4.70. The zero-order valence-electron chi connectivity index (χ0n) is 14.5. The largest absolute Gasteiger partial charge is 0.256 e. The molecule has 2 aromatic heterocycles. The lowest BCUT2D eigenvalue weighted by molar-refractivity contribution is 0.651. The summed E-state index contributed by atoms with van der Waals surface area (Å²) in [7, 11) is 0. The molecule has 0 fully saturated rings. The van der Waals surface area contributed by atoms with Gasteiger partial charge >= 0.3 is 0 Å². The van der Waals surface area contributed by atoms with Crippen molar-refractivity contribution in [1.29, 1.82) is 0 Å². The molecule has 2 aliphatic rings. The molecule has 0 aliphatic heterocycles. The Hall–Kier alpha value is -2.48. The van der Waals surface area contributed by atoms with Crippen molar-refractivity contribution in [2.75, 3.05) is 0 Å². The van der Waals surface area contributed by atoms with Crippen molar-refractivity contribution in [2.24, 2.45) is 0 Å². The highest BCUT2D eigenvalue weighted by Gasteiger charge is 2.42. The van der Waals surface area contributed by atoms with Gasteiger partial charge in [-0.05, 0) is 46.5 Å². The van der Waals surface area contributed by atoms with Gasteiger partial charge in [-0.15, -0.1) is 0 Å². The minimum Gasteiger partial charge on any atom is -0.256 e. The average Bonchev–Trinajstić information content (AvgIpc) is 2.95. The highest BCUT2D eigenvalue weighted by Crippen LogP contribution is 2.54. The van der Waals surface area contributed by atoms with Gasteiger partial charge < -0.3 is 0 Å². The lowest BCUT2D eigenvalue weighted by Gasteiger charge is -2.23. The molecule has 118 valence electrons. The molecule has 24 heavy (non-hydrogen) atoms. The first kappa shape index (κ1) is 13.9. The van der Waals surface area contributed by atoms with Gasteiger partial charge in [0.2, 0.25) is 0 Å². The van der Waals surface area contributed by atoms with Crippen molar-refractivity contribution in [3.8, 4) is 22.5 Å². The summed E-state index contributed by atoms with van der Waals surface area (Å²) < 4.78 is 0. The average molecular weight is 312 g/mol. The van der Waals surface area contributed by atoms with E-state index in [9.17, 15) is 0 Å². The lowest BCUT2D eigenvalue weighted by Crippen LogP contribution is -2.16. The minimum atomic E-state index is -0.0182. The zero-order valence-corrected chi connectivity index (χ0v) is 14.5. The molecule has 1 aromatic carbocycles. The molecule has 5 rings (SSSR count). The van der Waals surface area contributed by atoms with E-state index in [1.807, 2.05) is 24.5 Å². The second-order valence-electron chi connectivity index (χ2n) is 7.99. The normalized spacial score (nSPS) is 17.8. The summed E-state index contributed by atoms with van der Waals surface area (Å²) in [5.74, 6) is 0. The summed E-state index contributed by atoms with van der Waals surface area (Å²) in [5.41, 5.74) is 10.2. The van der Waals surface area contributed by atoms with E-state index in [0.29, 0.717) is 0 Å². The highest BCUT2D eigenvalue weighted by molar-refractivity contribution is 5.86. The van der Waals surface area contributed by atoms with Crippen molar-refractivity contribution in [3.63, 3.8) is 0 Å². The number of rotatable bonds is 0. The Labute approximate surface area is 142 Å². The van der Waals surface area contributed by atoms with Crippen molar-refractivity contribution >= 4 is 0 Å². The highest BCUT2D eigenvalue weighted by atomic mass is 14.7. The van der Waals surface area contributed by atoms with E-state index in [-0.39, 0.29) is 10.8 Å². The third-order valence-corrected chi connectivity index (χ3v) is 5.98. The van der Waals surface area contributed by atoms with Crippen LogP contribution in [0, 0.1) is 0 Å². The van der Waals surface area contributed by atoms with Crippen molar-refractivity contribution in [3.05, 3.63) is 71.0 Å². The van der Waals surface area contributed by atoms with Crippen LogP contribution in [0.4, 0.5) is 0 Å². The Balaban J connectivity index is 1.88. The summed E-state index contributed by atoms with van der Waals surface area (Å²) >= 11 is 0. The number of aromatic nitrogens is 2. The predicted molar refractivity (Wildman–Crippen MR) is 97.2 cm³/mol. The van der Waals surface area contributed by atoms with E-state index in [2.05, 4.69) is 52.0 Å². The van der Waals surface area contributed by atoms with Gasteiger partial charge in [-0.2, -0.15) is 0 Å². The summed E-state index contributed by atoms with van der Waals surface area (Å²) in [6.07, 6.45) is 3.80. The molecule has 0 atom stereocenters. The van der Waals surface area contributed by atoms with Crippen LogP contribution in [-0.2, 0) is 10.8 Å². The van der Waals surface area contributed by atoms with E-state index in [1.165, 1.54) is 33.4 Å². The third-order valence-electron chi connectivity index (χ3n) is 5.98. The minimum absolute atomic E-state index is 0.0182. The first-order valence-electron chi connectivity index (χ1n) is 8.53. The Morgan fingerprint density at radius 1 is 0.625 bits per heavy atom. The molecule has 2 aliphatic carbocycles. The third kappa shape index (κ3) is 1.47. The van der Waals surface area contributed by atoms with Crippen molar-refractivity contribution in [2.45, 2.75) is 38.5 Å². The maximum Gasteiger partial charge on any atom is 0.0745 e. The molecule has 0 amide bonds. The molecule has 0 bridgehead atoms. The first-order valence-corrected chi connectivity index (χ1v) is 8.53. The van der Waals surface area contributed by atoms with Crippen LogP contribution in [0.25, 0.3) is 22.5 Å². The predicted octanol–water partition coefficient (Wildman–Crippen LogP) is 5.09. The van der Waals surface area contributed by atoms with Crippen molar-refractivity contribution in [1.82, 2.24) is 9.97 Å². The Bertz CT molecular complexity index is 929. The molecule has 0 N–H and O–H groups in total. The Morgan fingerprint density at radius 2 is 1.04 bits per heavy atom. The Morgan fingerprint density at radius 3 is 1.46 bits per heavy atom. The fraction of sp³-hybridized carbons (Fsp3) is 0.273. The number of hydrogen-bond acceptors (Lipinski definition) is 2. The summed E-state index contributed by atoms with van der Waals surface area (Å²) in [6.45, 7) is 9.19. The summed E-state index contributed by atoms with van der Waals surface area (Å²) in [6, 6.07) is 13.2. The van der Waals surface area contributed by atoms with E-state index in [4.69, 9.17) is 9.97 Å². The first-order chi connectivity index (χ1) is 11.4. The molecule has 0 saturated heterocycles. The molecule has 2 heteroatoms. The van der Waals surface area contributed by atoms with Crippen LogP contribution < -0.4 is 0 Å². The van der Waals surface area contributed by atoms with Crippen LogP contribution in [0.2, 0.25) is 0 Å². The van der Waals surface area contributed by atoms with E-state index in [1.54, 1.807) is 0 Å². The van der Waals surface area contributed by atoms with Crippen LogP contribution in [-0.4, -0.2) is 9.97 Å². The van der Waals surface area contributed by atoms with Gasteiger partial charge in [-0.3, -0.25) is 9.97 Å². The van der Waals surface area contributed by atoms with Crippen LogP contribution in [0.5, 0.6) is 0 Å². The molecular weight excluding hydrogens is 292 g/mol. The van der Waals surface area contributed by atoms with Crippen LogP contribution in [0.3, 0.4) is 0 Å². The van der Waals surface area contributed by atoms with Gasteiger partial charge in [-0.25, -0.2) is 0 Å². The number of pyridine rings is 2. The molecule has 3 aromatic rings. The molecule has 0 spiro atoms. The number of hydrogen-bond donors (Lipinski definition) is 0. The van der Waals surface area contributed by atoms with Gasteiger partial charge in [0.25, 0.3) is 0 Å². The smallest absolute Gasteiger partial charge is 0.0745 e. The SMILES string of the molecule is CC1(C)c2cc3c(cc2-c2ncccc21)C(C)(C)c1cccnc1-3. The zero-order chi connectivity index (χ0) is 16.7. The fourth-order valence-electron chi connectivity index (χ4n) is 4.56. The fourth-order valence-corrected chi connectivity index (χ4v) is 4.56. The van der Waals surface area contributed by atoms with Crippen molar-refractivity contribution < 1.29 is 0 Å². The number of benzene rings is 1. The molecule has 2 nitrogen and oxygen atoms in total. The monoisotopic (exact) mass is 312 g/mol. The van der Waals surface area contributed by atoms with E-state index < -0.39 is 0 Å². The summed E-state index contributed by atoms with van der Waals surface area (Å²) in [4.78, 5) is 9.41. The van der Waals surface area contributed by atoms with Gasteiger partial charge in [0.15, 0.2) is 0 Å². The van der Waals surface area contributed by atoms with Gasteiger partial charge in [0.05, 0.1) is 11.4 Å². The molecule has 0 unspecified atom stereocenters. The van der Waals surface area contributed by atoms with Gasteiger partial charge in [0, 0.05) is 34.4 Å². The molecule has 2 heterocycles. The number of nitrogens with zero attached hydrogens (tertiary/aromatic N) is 2. The van der Waals surface area contributed by atoms with E-state index in [0.717, 1.165) is 11.4 Å². The van der Waals surface area contributed by atoms with Gasteiger partial charge in [0.1, 0.15) is 0 Å². The molecular formula is C22H20N2. The second-order valence-corrected chi connectivity index (χ2v) is 7.99.